The molecule has 1 fully saturated rings. The molecule has 1 unspecified atom stereocenters. The van der Waals surface area contributed by atoms with Crippen LogP contribution in [0.1, 0.15) is 12.0 Å². The van der Waals surface area contributed by atoms with Crippen LogP contribution in [0.25, 0.3) is 39.4 Å². The fraction of sp³-hybridized carbons (Fsp3) is 0.222. The molecule has 6 aromatic rings. The van der Waals surface area contributed by atoms with Gasteiger partial charge in [0.05, 0.1) is 29.0 Å². The zero-order valence-electron chi connectivity index (χ0n) is 27.1. The number of nitrogens with zero attached hydrogens (tertiary/aromatic N) is 8. The lowest BCUT2D eigenvalue weighted by Crippen LogP contribution is -2.54. The molecule has 49 heavy (non-hydrogen) atoms. The number of likely N-dealkylation sites (N-methyl/N-ethyl adjacent to an activating group) is 1. The SMILES string of the molecule is CN1CCN(C(=O)Nc2ccccc2)CC1CCNc1nc(-c2ccccc2CO)cc(-n2cnc3cc(-c4ccnc(N)n4)ccc32)n1. The van der Waals surface area contributed by atoms with E-state index in [9.17, 15) is 9.90 Å². The van der Waals surface area contributed by atoms with Gasteiger partial charge in [-0.25, -0.2) is 24.7 Å². The highest BCUT2D eigenvalue weighted by Crippen LogP contribution is 2.28. The number of nitrogens with two attached hydrogens (primary N) is 1. The van der Waals surface area contributed by atoms with Gasteiger partial charge in [0.2, 0.25) is 11.9 Å². The summed E-state index contributed by atoms with van der Waals surface area (Å²) < 4.78 is 1.92. The number of aliphatic hydroxyl groups is 1. The zero-order valence-corrected chi connectivity index (χ0v) is 27.1. The van der Waals surface area contributed by atoms with Gasteiger partial charge >= 0.3 is 6.03 Å². The highest BCUT2D eigenvalue weighted by Gasteiger charge is 2.27. The summed E-state index contributed by atoms with van der Waals surface area (Å²) in [7, 11) is 2.09. The summed E-state index contributed by atoms with van der Waals surface area (Å²) in [4.78, 5) is 40.0. The lowest BCUT2D eigenvalue weighted by atomic mass is 10.0. The molecule has 0 radical (unpaired) electrons. The second kappa shape index (κ2) is 14.1. The van der Waals surface area contributed by atoms with E-state index in [0.29, 0.717) is 42.8 Å². The molecule has 0 aliphatic carbocycles. The Kier molecular flexibility index (Phi) is 9.08. The zero-order chi connectivity index (χ0) is 33.7. The van der Waals surface area contributed by atoms with Gasteiger partial charge < -0.3 is 26.4 Å². The van der Waals surface area contributed by atoms with E-state index in [-0.39, 0.29) is 24.6 Å². The van der Waals surface area contributed by atoms with Crippen LogP contribution in [-0.4, -0.2) is 89.7 Å². The second-order valence-electron chi connectivity index (χ2n) is 12.0. The third-order valence-electron chi connectivity index (χ3n) is 8.79. The largest absolute Gasteiger partial charge is 0.392 e. The summed E-state index contributed by atoms with van der Waals surface area (Å²) in [6.07, 6.45) is 4.14. The molecule has 13 heteroatoms. The first-order chi connectivity index (χ1) is 23.9. The smallest absolute Gasteiger partial charge is 0.321 e. The van der Waals surface area contributed by atoms with Gasteiger partial charge in [-0.1, -0.05) is 48.5 Å². The van der Waals surface area contributed by atoms with E-state index in [1.807, 2.05) is 94.4 Å². The second-order valence-corrected chi connectivity index (χ2v) is 12.0. The average Bonchev–Trinajstić information content (AvgIpc) is 3.56. The molecule has 248 valence electrons. The van der Waals surface area contributed by atoms with Crippen molar-refractivity contribution in [3.05, 3.63) is 103 Å². The molecule has 0 spiro atoms. The van der Waals surface area contributed by atoms with Crippen molar-refractivity contribution in [1.82, 2.24) is 39.3 Å². The van der Waals surface area contributed by atoms with Crippen molar-refractivity contribution >= 4 is 34.6 Å². The van der Waals surface area contributed by atoms with Gasteiger partial charge in [-0.15, -0.1) is 0 Å². The number of carbonyl (C=O) groups excluding carboxylic acids is 1. The van der Waals surface area contributed by atoms with Crippen LogP contribution in [0, 0.1) is 0 Å². The van der Waals surface area contributed by atoms with E-state index >= 15 is 0 Å². The Labute approximate surface area is 283 Å². The molecule has 0 bridgehead atoms. The van der Waals surface area contributed by atoms with Crippen LogP contribution in [0.2, 0.25) is 0 Å². The maximum Gasteiger partial charge on any atom is 0.321 e. The number of carbonyl (C=O) groups is 1. The predicted molar refractivity (Wildman–Crippen MR) is 190 cm³/mol. The van der Waals surface area contributed by atoms with Crippen LogP contribution in [-0.2, 0) is 6.61 Å². The summed E-state index contributed by atoms with van der Waals surface area (Å²) in [5.41, 5.74) is 12.1. The maximum atomic E-state index is 13.0. The molecule has 3 aromatic heterocycles. The number of imidazole rings is 1. The number of nitrogen functional groups attached to an aromatic ring is 1. The molecular formula is C36H37N11O2. The number of hydrogen-bond acceptors (Lipinski definition) is 10. The standard InChI is InChI=1S/C36H37N11O2/c1-45-17-18-46(36(49)41-26-8-3-2-4-9-26)21-27(45)13-15-39-35-43-30(28-10-6-5-7-25(28)22-48)20-33(44-35)47-23-40-31-19-24(11-12-32(31)47)29-14-16-38-34(37)42-29/h2-12,14,16,19-20,23,27,48H,13,15,17-18,21-22H2,1H3,(H,41,49)(H2,37,38,42)(H,39,43,44). The van der Waals surface area contributed by atoms with E-state index in [4.69, 9.17) is 15.7 Å². The third kappa shape index (κ3) is 7.03. The van der Waals surface area contributed by atoms with Crippen LogP contribution < -0.4 is 16.4 Å². The van der Waals surface area contributed by atoms with Crippen LogP contribution in [0.5, 0.6) is 0 Å². The van der Waals surface area contributed by atoms with E-state index in [2.05, 4.69) is 37.5 Å². The van der Waals surface area contributed by atoms with Crippen molar-refractivity contribution in [1.29, 1.82) is 0 Å². The van der Waals surface area contributed by atoms with E-state index in [1.54, 1.807) is 12.5 Å². The Hall–Kier alpha value is -5.92. The minimum absolute atomic E-state index is 0.0960. The Morgan fingerprint density at radius 3 is 2.61 bits per heavy atom. The van der Waals surface area contributed by atoms with Crippen molar-refractivity contribution in [2.45, 2.75) is 19.1 Å². The molecule has 7 rings (SSSR count). The minimum atomic E-state index is -0.120. The number of para-hydroxylation sites is 1. The topological polar surface area (TPSA) is 163 Å². The van der Waals surface area contributed by atoms with Gasteiger partial charge in [0.15, 0.2) is 0 Å². The molecule has 13 nitrogen and oxygen atoms in total. The molecule has 2 amide bonds. The Morgan fingerprint density at radius 2 is 1.78 bits per heavy atom. The number of aromatic nitrogens is 6. The molecule has 3 aromatic carbocycles. The molecule has 0 saturated carbocycles. The molecule has 5 N–H and O–H groups in total. The highest BCUT2D eigenvalue weighted by molar-refractivity contribution is 5.89. The number of benzene rings is 3. The summed E-state index contributed by atoms with van der Waals surface area (Å²) >= 11 is 0. The van der Waals surface area contributed by atoms with Crippen molar-refractivity contribution < 1.29 is 9.90 Å². The molecule has 1 aliphatic heterocycles. The van der Waals surface area contributed by atoms with Gasteiger partial charge in [-0.2, -0.15) is 4.98 Å². The molecule has 1 aliphatic rings. The van der Waals surface area contributed by atoms with Crippen LogP contribution in [0.3, 0.4) is 0 Å². The Bertz CT molecular complexity index is 2090. The van der Waals surface area contributed by atoms with Crippen LogP contribution >= 0.6 is 0 Å². The van der Waals surface area contributed by atoms with Gasteiger partial charge in [-0.3, -0.25) is 9.47 Å². The average molecular weight is 656 g/mol. The quantitative estimate of drug-likeness (QED) is 0.172. The number of aliphatic hydroxyl groups excluding tert-OH is 1. The normalized spacial score (nSPS) is 15.0. The first kappa shape index (κ1) is 31.7. The number of fused-ring (bicyclic) bond motifs is 1. The Morgan fingerprint density at radius 1 is 0.939 bits per heavy atom. The van der Waals surface area contributed by atoms with Gasteiger partial charge in [0.1, 0.15) is 12.1 Å². The number of rotatable bonds is 9. The van der Waals surface area contributed by atoms with Gasteiger partial charge in [-0.05, 0) is 49.4 Å². The predicted octanol–water partition coefficient (Wildman–Crippen LogP) is 4.66. The van der Waals surface area contributed by atoms with Crippen molar-refractivity contribution in [3.63, 3.8) is 0 Å². The van der Waals surface area contributed by atoms with Crippen molar-refractivity contribution in [3.8, 4) is 28.3 Å². The fourth-order valence-electron chi connectivity index (χ4n) is 6.09. The monoisotopic (exact) mass is 655 g/mol. The van der Waals surface area contributed by atoms with Crippen molar-refractivity contribution in [2.75, 3.05) is 49.6 Å². The minimum Gasteiger partial charge on any atom is -0.392 e. The third-order valence-corrected chi connectivity index (χ3v) is 8.79. The summed E-state index contributed by atoms with van der Waals surface area (Å²) in [6, 6.07) is 26.8. The van der Waals surface area contributed by atoms with E-state index in [0.717, 1.165) is 46.4 Å². The molecule has 1 saturated heterocycles. The lowest BCUT2D eigenvalue weighted by molar-refractivity contribution is 0.113. The molecule has 4 heterocycles. The number of anilines is 3. The van der Waals surface area contributed by atoms with Gasteiger partial charge in [0, 0.05) is 61.3 Å². The Balaban J connectivity index is 1.13. The number of piperazine rings is 1. The number of hydrogen-bond donors (Lipinski definition) is 4. The number of amides is 2. The maximum absolute atomic E-state index is 13.0. The number of urea groups is 1. The molecular weight excluding hydrogens is 618 g/mol. The number of nitrogens with one attached hydrogen (secondary N) is 2. The fourth-order valence-corrected chi connectivity index (χ4v) is 6.09. The molecule has 1 atom stereocenters. The lowest BCUT2D eigenvalue weighted by Gasteiger charge is -2.39. The first-order valence-corrected chi connectivity index (χ1v) is 16.1. The van der Waals surface area contributed by atoms with Crippen molar-refractivity contribution in [2.24, 2.45) is 0 Å². The first-order valence-electron chi connectivity index (χ1n) is 16.1. The van der Waals surface area contributed by atoms with E-state index < -0.39 is 0 Å². The van der Waals surface area contributed by atoms with Crippen LogP contribution in [0.15, 0.2) is 97.5 Å². The highest BCUT2D eigenvalue weighted by atomic mass is 16.3. The summed E-state index contributed by atoms with van der Waals surface area (Å²) in [6.45, 7) is 2.51. The van der Waals surface area contributed by atoms with E-state index in [1.165, 1.54) is 0 Å². The summed E-state index contributed by atoms with van der Waals surface area (Å²) in [5.74, 6) is 1.29. The van der Waals surface area contributed by atoms with Crippen LogP contribution in [0.4, 0.5) is 22.4 Å². The van der Waals surface area contributed by atoms with Gasteiger partial charge in [0.25, 0.3) is 0 Å². The summed E-state index contributed by atoms with van der Waals surface area (Å²) in [5, 5.41) is 16.5.